The molecule has 0 N–H and O–H groups in total. The smallest absolute Gasteiger partial charge is 0.286 e. The summed E-state index contributed by atoms with van der Waals surface area (Å²) in [5.74, 6) is 0.903. The lowest BCUT2D eigenvalue weighted by Crippen LogP contribution is -2.68. The minimum atomic E-state index is -4.94. The summed E-state index contributed by atoms with van der Waals surface area (Å²) in [4.78, 5) is 0. The van der Waals surface area contributed by atoms with Gasteiger partial charge in [-0.1, -0.05) is 12.1 Å². The van der Waals surface area contributed by atoms with Crippen molar-refractivity contribution in [1.82, 2.24) is 0 Å². The van der Waals surface area contributed by atoms with Crippen LogP contribution in [0.2, 0.25) is 0 Å². The summed E-state index contributed by atoms with van der Waals surface area (Å²) in [6.07, 6.45) is 0. The Labute approximate surface area is 137 Å². The van der Waals surface area contributed by atoms with E-state index in [9.17, 15) is 0 Å². The number of ether oxygens (including phenoxy) is 1. The van der Waals surface area contributed by atoms with Crippen molar-refractivity contribution in [1.29, 1.82) is 0 Å². The van der Waals surface area contributed by atoms with Crippen molar-refractivity contribution < 1.29 is 33.6 Å². The molecule has 0 atom stereocenters. The molecule has 0 aliphatic heterocycles. The molecule has 5 nitrogen and oxygen atoms in total. The second-order valence-corrected chi connectivity index (χ2v) is 7.16. The van der Waals surface area contributed by atoms with Crippen molar-refractivity contribution in [3.8, 4) is 15.5 Å². The summed E-state index contributed by atoms with van der Waals surface area (Å²) in [5, 5.41) is 0. The second-order valence-electron chi connectivity index (χ2n) is 4.04. The van der Waals surface area contributed by atoms with Crippen LogP contribution >= 0.6 is 22.7 Å². The maximum absolute atomic E-state index is 8.49. The van der Waals surface area contributed by atoms with Crippen molar-refractivity contribution in [3.05, 3.63) is 48.5 Å². The molecule has 0 unspecified atom stereocenters. The van der Waals surface area contributed by atoms with Crippen LogP contribution in [-0.4, -0.2) is 7.11 Å². The van der Waals surface area contributed by atoms with E-state index in [2.05, 4.69) is 36.4 Å². The molecule has 22 heavy (non-hydrogen) atoms. The number of methoxy groups -OCH3 is 1. The van der Waals surface area contributed by atoms with Gasteiger partial charge < -0.3 is 4.74 Å². The fourth-order valence-corrected chi connectivity index (χ4v) is 4.18. The van der Waals surface area contributed by atoms with Gasteiger partial charge in [0.05, 0.1) is 29.8 Å². The van der Waals surface area contributed by atoms with E-state index in [-0.39, 0.29) is 0 Å². The zero-order valence-electron chi connectivity index (χ0n) is 11.4. The molecule has 8 heteroatoms. The van der Waals surface area contributed by atoms with Gasteiger partial charge in [0.15, 0.2) is 9.40 Å². The third-order valence-corrected chi connectivity index (χ3v) is 5.20. The average molecular weight is 359 g/mol. The Morgan fingerprint density at radius 3 is 2.09 bits per heavy atom. The van der Waals surface area contributed by atoms with Crippen LogP contribution in [0.25, 0.3) is 19.2 Å². The highest BCUT2D eigenvalue weighted by atomic mass is 35.7. The van der Waals surface area contributed by atoms with Gasteiger partial charge in [-0.3, -0.25) is 0 Å². The van der Waals surface area contributed by atoms with Crippen LogP contribution < -0.4 is 23.4 Å². The first-order chi connectivity index (χ1) is 10.4. The monoisotopic (exact) mass is 358 g/mol. The normalized spacial score (nSPS) is 11.0. The molecule has 0 amide bonds. The van der Waals surface area contributed by atoms with Gasteiger partial charge in [0.1, 0.15) is 5.75 Å². The van der Waals surface area contributed by atoms with E-state index in [1.165, 1.54) is 19.2 Å². The molecular weight excluding hydrogens is 348 g/mol. The van der Waals surface area contributed by atoms with Crippen molar-refractivity contribution >= 4 is 32.1 Å². The largest absolute Gasteiger partial charge is 0.497 e. The number of fused-ring (bicyclic) bond motifs is 1. The Balaban J connectivity index is 0.000000309. The molecule has 0 saturated heterocycles. The molecule has 2 aromatic carbocycles. The lowest BCUT2D eigenvalue weighted by Gasteiger charge is -2.17. The highest BCUT2D eigenvalue weighted by Crippen LogP contribution is 2.38. The van der Waals surface area contributed by atoms with Crippen molar-refractivity contribution in [2.75, 3.05) is 7.11 Å². The third-order valence-electron chi connectivity index (χ3n) is 2.58. The maximum atomic E-state index is 8.49. The molecule has 116 valence electrons. The highest BCUT2D eigenvalue weighted by Gasteiger charge is 2.16. The van der Waals surface area contributed by atoms with Crippen molar-refractivity contribution in [2.45, 2.75) is 0 Å². The van der Waals surface area contributed by atoms with Crippen LogP contribution in [0.4, 0.5) is 0 Å². The van der Waals surface area contributed by atoms with E-state index in [0.717, 1.165) is 5.75 Å². The fraction of sp³-hybridized carbons (Fsp3) is 0.0714. The van der Waals surface area contributed by atoms with Crippen LogP contribution in [-0.2, 0) is 0 Å². The van der Waals surface area contributed by atoms with E-state index in [0.29, 0.717) is 0 Å². The first-order valence-electron chi connectivity index (χ1n) is 5.94. The first-order valence-corrected chi connectivity index (χ1v) is 8.81. The van der Waals surface area contributed by atoms with Crippen LogP contribution in [0.3, 0.4) is 0 Å². The summed E-state index contributed by atoms with van der Waals surface area (Å²) >= 11 is 3.68. The quantitative estimate of drug-likeness (QED) is 0.607. The molecule has 3 rings (SSSR count). The minimum absolute atomic E-state index is 0.903. The topological polar surface area (TPSA) is 101 Å². The molecule has 0 fully saturated rings. The van der Waals surface area contributed by atoms with Gasteiger partial charge in [0.25, 0.3) is 4.19 Å². The number of halogens is 1. The third kappa shape index (κ3) is 5.15. The first kappa shape index (κ1) is 17.0. The molecule has 0 bridgehead atoms. The van der Waals surface area contributed by atoms with E-state index in [1.54, 1.807) is 7.11 Å². The molecule has 1 heterocycles. The van der Waals surface area contributed by atoms with Gasteiger partial charge in [-0.25, -0.2) is 18.6 Å². The molecule has 0 aliphatic rings. The average Bonchev–Trinajstić information content (AvgIpc) is 2.89. The van der Waals surface area contributed by atoms with Gasteiger partial charge in [0.2, 0.25) is 0 Å². The van der Waals surface area contributed by atoms with Crippen molar-refractivity contribution in [2.24, 2.45) is 0 Å². The zero-order valence-corrected chi connectivity index (χ0v) is 13.7. The minimum Gasteiger partial charge on any atom is -0.497 e. The summed E-state index contributed by atoms with van der Waals surface area (Å²) in [6.45, 7) is 0. The second kappa shape index (κ2) is 7.30. The van der Waals surface area contributed by atoms with Crippen LogP contribution in [0.1, 0.15) is 0 Å². The maximum Gasteiger partial charge on any atom is 0.286 e. The number of benzene rings is 2. The summed E-state index contributed by atoms with van der Waals surface area (Å²) in [5.41, 5.74) is 1.26. The molecule has 1 aromatic heterocycles. The summed E-state index contributed by atoms with van der Waals surface area (Å²) in [6, 6.07) is 16.7. The van der Waals surface area contributed by atoms with Crippen LogP contribution in [0.5, 0.6) is 5.75 Å². The standard InChI is InChI=1S/C14H11OS2.ClHO4/c1-15-11-8-6-10(7-9-11)14-16-12-4-2-3-5-13(12)17-14;2-1(3,4)5/h2-9H,1H3;(H,2,3,4,5)/q+1;/p-1. The van der Waals surface area contributed by atoms with Gasteiger partial charge in [-0.05, 0) is 36.4 Å². The Morgan fingerprint density at radius 2 is 1.55 bits per heavy atom. The number of hydrogen-bond donors (Lipinski definition) is 0. The molecular formula is C14H11ClO5S2. The molecule has 0 spiro atoms. The lowest BCUT2D eigenvalue weighted by atomic mass is 10.2. The van der Waals surface area contributed by atoms with Gasteiger partial charge in [-0.15, -0.1) is 10.2 Å². The Morgan fingerprint density at radius 1 is 0.955 bits per heavy atom. The molecule has 0 saturated carbocycles. The zero-order chi connectivity index (χ0) is 16.2. The van der Waals surface area contributed by atoms with E-state index < -0.39 is 10.2 Å². The van der Waals surface area contributed by atoms with E-state index in [1.807, 2.05) is 34.8 Å². The molecule has 3 aromatic rings. The molecule has 0 radical (unpaired) electrons. The SMILES string of the molecule is COc1ccc(-c2sc3ccccc3[s+]2)cc1.[O-][Cl+3]([O-])([O-])[O-]. The fourth-order valence-electron chi connectivity index (χ4n) is 1.68. The van der Waals surface area contributed by atoms with Crippen LogP contribution in [0.15, 0.2) is 48.5 Å². The Bertz CT molecular complexity index is 698. The summed E-state index contributed by atoms with van der Waals surface area (Å²) in [7, 11) is -3.25. The number of rotatable bonds is 2. The predicted octanol–water partition coefficient (Wildman–Crippen LogP) is 0.164. The molecule has 0 aliphatic carbocycles. The van der Waals surface area contributed by atoms with Crippen molar-refractivity contribution in [3.63, 3.8) is 0 Å². The lowest BCUT2D eigenvalue weighted by molar-refractivity contribution is -2.00. The van der Waals surface area contributed by atoms with Gasteiger partial charge in [-0.2, -0.15) is 0 Å². The number of hydrogen-bond acceptors (Lipinski definition) is 6. The Hall–Kier alpha value is -1.32. The van der Waals surface area contributed by atoms with Crippen LogP contribution in [0, 0.1) is 10.2 Å². The predicted molar refractivity (Wildman–Crippen MR) is 76.1 cm³/mol. The highest BCUT2D eigenvalue weighted by molar-refractivity contribution is 7.43. The Kier molecular flexibility index (Phi) is 5.65. The van der Waals surface area contributed by atoms with Gasteiger partial charge in [0, 0.05) is 5.56 Å². The van der Waals surface area contributed by atoms with E-state index in [4.69, 9.17) is 23.4 Å². The van der Waals surface area contributed by atoms with Gasteiger partial charge >= 0.3 is 0 Å². The van der Waals surface area contributed by atoms with E-state index >= 15 is 0 Å². The summed E-state index contributed by atoms with van der Waals surface area (Å²) < 4.78 is 43.2.